The molecule has 2 aromatic heterocycles. The average molecular weight is 412 g/mol. The molecule has 1 N–H and O–H groups in total. The van der Waals surface area contributed by atoms with Crippen LogP contribution in [-0.2, 0) is 16.1 Å². The van der Waals surface area contributed by atoms with Gasteiger partial charge < -0.3 is 18.9 Å². The van der Waals surface area contributed by atoms with E-state index >= 15 is 0 Å². The van der Waals surface area contributed by atoms with E-state index in [0.717, 1.165) is 0 Å². The molecule has 0 saturated heterocycles. The number of amides is 1. The number of aryl methyl sites for hydroxylation is 1. The highest BCUT2D eigenvalue weighted by molar-refractivity contribution is 6.11. The van der Waals surface area contributed by atoms with E-state index in [4.69, 9.17) is 13.6 Å². The lowest BCUT2D eigenvalue weighted by atomic mass is 10.1. The Labute approximate surface area is 173 Å². The summed E-state index contributed by atoms with van der Waals surface area (Å²) in [7, 11) is 3.07. The van der Waals surface area contributed by atoms with Crippen LogP contribution in [0.25, 0.3) is 11.0 Å². The van der Waals surface area contributed by atoms with Crippen LogP contribution in [0.1, 0.15) is 46.3 Å². The van der Waals surface area contributed by atoms with E-state index in [-0.39, 0.29) is 17.5 Å². The number of esters is 1. The number of benzene rings is 1. The molecule has 0 saturated carbocycles. The Hall–Kier alpha value is -3.39. The Kier molecular flexibility index (Phi) is 6.07. The summed E-state index contributed by atoms with van der Waals surface area (Å²) in [6, 6.07) is 8.20. The van der Waals surface area contributed by atoms with Crippen LogP contribution >= 0.6 is 0 Å². The number of methoxy groups -OCH3 is 1. The van der Waals surface area contributed by atoms with Gasteiger partial charge in [-0.2, -0.15) is 0 Å². The van der Waals surface area contributed by atoms with E-state index < -0.39 is 12.0 Å². The van der Waals surface area contributed by atoms with Gasteiger partial charge in [0.1, 0.15) is 22.7 Å². The van der Waals surface area contributed by atoms with Gasteiger partial charge in [-0.25, -0.2) is 4.79 Å². The number of carbonyl (C=O) groups is 3. The number of fused-ring (bicyclic) bond motifs is 1. The zero-order valence-corrected chi connectivity index (χ0v) is 17.6. The molecule has 0 radical (unpaired) electrons. The fourth-order valence-electron chi connectivity index (χ4n) is 3.16. The van der Waals surface area contributed by atoms with E-state index in [1.807, 2.05) is 6.07 Å². The maximum absolute atomic E-state index is 12.9. The van der Waals surface area contributed by atoms with Crippen molar-refractivity contribution in [3.8, 4) is 0 Å². The van der Waals surface area contributed by atoms with Crippen LogP contribution in [0.3, 0.4) is 0 Å². The summed E-state index contributed by atoms with van der Waals surface area (Å²) >= 11 is 0. The van der Waals surface area contributed by atoms with Gasteiger partial charge in [0.05, 0.1) is 25.4 Å². The molecule has 3 aromatic rings. The van der Waals surface area contributed by atoms with Gasteiger partial charge in [-0.15, -0.1) is 0 Å². The van der Waals surface area contributed by atoms with Crippen LogP contribution in [0.4, 0.5) is 5.69 Å². The van der Waals surface area contributed by atoms with E-state index in [1.165, 1.54) is 14.0 Å². The highest BCUT2D eigenvalue weighted by Gasteiger charge is 2.25. The number of carbonyl (C=O) groups excluding carboxylic acids is 3. The molecule has 0 aliphatic carbocycles. The van der Waals surface area contributed by atoms with Crippen molar-refractivity contribution in [2.75, 3.05) is 19.5 Å². The van der Waals surface area contributed by atoms with Crippen LogP contribution in [0.2, 0.25) is 0 Å². The summed E-state index contributed by atoms with van der Waals surface area (Å²) in [6.07, 6.45) is 0. The van der Waals surface area contributed by atoms with Crippen molar-refractivity contribution in [2.45, 2.75) is 33.4 Å². The molecule has 1 aromatic carbocycles. The minimum Gasteiger partial charge on any atom is -0.465 e. The van der Waals surface area contributed by atoms with Crippen LogP contribution in [0, 0.1) is 6.92 Å². The molecule has 0 spiro atoms. The summed E-state index contributed by atoms with van der Waals surface area (Å²) in [4.78, 5) is 38.4. The predicted octanol–water partition coefficient (Wildman–Crippen LogP) is 3.78. The van der Waals surface area contributed by atoms with E-state index in [0.29, 0.717) is 40.3 Å². The number of nitrogens with zero attached hydrogens (tertiary/aromatic N) is 1. The fraction of sp³-hybridized carbons (Fsp3) is 0.318. The van der Waals surface area contributed by atoms with Crippen molar-refractivity contribution >= 4 is 34.3 Å². The number of ether oxygens (including phenoxy) is 1. The summed E-state index contributed by atoms with van der Waals surface area (Å²) < 4.78 is 16.0. The van der Waals surface area contributed by atoms with Gasteiger partial charge in [0, 0.05) is 12.3 Å². The normalized spacial score (nSPS) is 12.2. The Bertz CT molecular complexity index is 1110. The molecule has 0 aliphatic rings. The minimum absolute atomic E-state index is 0.115. The molecule has 1 atom stereocenters. The monoisotopic (exact) mass is 412 g/mol. The lowest BCUT2D eigenvalue weighted by molar-refractivity contribution is -0.120. The lowest BCUT2D eigenvalue weighted by Crippen LogP contribution is -2.39. The topological polar surface area (TPSA) is 102 Å². The molecule has 3 rings (SSSR count). The Morgan fingerprint density at radius 3 is 2.57 bits per heavy atom. The Morgan fingerprint density at radius 2 is 1.90 bits per heavy atom. The molecule has 158 valence electrons. The molecule has 8 heteroatoms. The van der Waals surface area contributed by atoms with Gasteiger partial charge in [0.2, 0.25) is 5.91 Å². The quantitative estimate of drug-likeness (QED) is 0.465. The lowest BCUT2D eigenvalue weighted by Gasteiger charge is -2.22. The van der Waals surface area contributed by atoms with Crippen LogP contribution < -0.4 is 5.32 Å². The van der Waals surface area contributed by atoms with Gasteiger partial charge in [-0.05, 0) is 39.1 Å². The Morgan fingerprint density at radius 1 is 1.20 bits per heavy atom. The maximum Gasteiger partial charge on any atom is 0.341 e. The molecule has 0 fully saturated rings. The summed E-state index contributed by atoms with van der Waals surface area (Å²) in [6.45, 7) is 5.11. The van der Waals surface area contributed by atoms with Crippen molar-refractivity contribution < 1.29 is 28.0 Å². The summed E-state index contributed by atoms with van der Waals surface area (Å²) in [5.74, 6) is 0.0572. The highest BCUT2D eigenvalue weighted by Crippen LogP contribution is 2.31. The summed E-state index contributed by atoms with van der Waals surface area (Å²) in [5, 5.41) is 3.49. The van der Waals surface area contributed by atoms with Crippen molar-refractivity contribution in [3.63, 3.8) is 0 Å². The number of rotatable bonds is 7. The minimum atomic E-state index is -0.551. The third kappa shape index (κ3) is 4.13. The van der Waals surface area contributed by atoms with Crippen molar-refractivity contribution in [2.24, 2.45) is 0 Å². The second-order valence-electron chi connectivity index (χ2n) is 7.11. The van der Waals surface area contributed by atoms with E-state index in [9.17, 15) is 14.4 Å². The SMILES string of the molecule is COC(=O)c1cc(CN(C)C(C)C(=O)Nc2c(C(C)=O)oc3ccccc23)oc1C. The second-order valence-corrected chi connectivity index (χ2v) is 7.11. The first-order valence-electron chi connectivity index (χ1n) is 9.44. The van der Waals surface area contributed by atoms with Crippen molar-refractivity contribution in [3.05, 3.63) is 53.2 Å². The van der Waals surface area contributed by atoms with Gasteiger partial charge >= 0.3 is 5.97 Å². The molecular weight excluding hydrogens is 388 g/mol. The number of Topliss-reactive ketones (excluding diaryl/α,β-unsaturated/α-hetero) is 1. The van der Waals surface area contributed by atoms with Gasteiger partial charge in [-0.3, -0.25) is 14.5 Å². The van der Waals surface area contributed by atoms with Gasteiger partial charge in [0.15, 0.2) is 11.5 Å². The van der Waals surface area contributed by atoms with E-state index in [2.05, 4.69) is 5.32 Å². The number of para-hydroxylation sites is 1. The molecule has 0 aliphatic heterocycles. The molecule has 1 unspecified atom stereocenters. The molecule has 1 amide bonds. The van der Waals surface area contributed by atoms with Crippen molar-refractivity contribution in [1.29, 1.82) is 0 Å². The molecule has 0 bridgehead atoms. The predicted molar refractivity (Wildman–Crippen MR) is 111 cm³/mol. The van der Waals surface area contributed by atoms with E-state index in [1.54, 1.807) is 50.1 Å². The largest absolute Gasteiger partial charge is 0.465 e. The number of nitrogens with one attached hydrogen (secondary N) is 1. The number of hydrogen-bond acceptors (Lipinski definition) is 7. The van der Waals surface area contributed by atoms with Crippen molar-refractivity contribution in [1.82, 2.24) is 4.90 Å². The number of furan rings is 2. The molecule has 30 heavy (non-hydrogen) atoms. The van der Waals surface area contributed by atoms with Crippen LogP contribution in [0.5, 0.6) is 0 Å². The number of anilines is 1. The van der Waals surface area contributed by atoms with Gasteiger partial charge in [-0.1, -0.05) is 12.1 Å². The summed E-state index contributed by atoms with van der Waals surface area (Å²) in [5.41, 5.74) is 1.25. The number of likely N-dealkylation sites (N-methyl/N-ethyl adjacent to an activating group) is 1. The second kappa shape index (κ2) is 8.54. The molecule has 2 heterocycles. The highest BCUT2D eigenvalue weighted by atomic mass is 16.5. The first-order valence-corrected chi connectivity index (χ1v) is 9.44. The first kappa shape index (κ1) is 21.3. The standard InChI is InChI=1S/C22H24N2O6/c1-12(24(4)11-15-10-17(14(3)29-15)22(27)28-5)21(26)23-19-16-8-6-7-9-18(16)30-20(19)13(2)25/h6-10,12H,11H2,1-5H3,(H,23,26). The molecule has 8 nitrogen and oxygen atoms in total. The third-order valence-corrected chi connectivity index (χ3v) is 4.98. The zero-order valence-electron chi connectivity index (χ0n) is 17.6. The first-order chi connectivity index (χ1) is 14.2. The van der Waals surface area contributed by atoms with Crippen LogP contribution in [0.15, 0.2) is 39.2 Å². The van der Waals surface area contributed by atoms with Gasteiger partial charge in [0.25, 0.3) is 0 Å². The average Bonchev–Trinajstić information content (AvgIpc) is 3.27. The third-order valence-electron chi connectivity index (χ3n) is 4.98. The van der Waals surface area contributed by atoms with Crippen LogP contribution in [-0.4, -0.2) is 42.8 Å². The number of hydrogen-bond donors (Lipinski definition) is 1. The Balaban J connectivity index is 1.76. The zero-order chi connectivity index (χ0) is 22.0. The molecular formula is C22H24N2O6. The fourth-order valence-corrected chi connectivity index (χ4v) is 3.16. The smallest absolute Gasteiger partial charge is 0.341 e. The maximum atomic E-state index is 12.9. The number of ketones is 1.